The van der Waals surface area contributed by atoms with E-state index in [1.807, 2.05) is 48.5 Å². The number of fused-ring (bicyclic) bond motifs is 3. The molecule has 0 aliphatic rings. The van der Waals surface area contributed by atoms with Crippen LogP contribution in [0.4, 0.5) is 5.82 Å². The third-order valence-corrected chi connectivity index (χ3v) is 5.37. The first-order valence-corrected chi connectivity index (χ1v) is 10.7. The summed E-state index contributed by atoms with van der Waals surface area (Å²) in [5, 5.41) is 1.01. The lowest BCUT2D eigenvalue weighted by Gasteiger charge is -2.12. The van der Waals surface area contributed by atoms with Crippen LogP contribution in [0.1, 0.15) is 24.2 Å². The Hall–Kier alpha value is -3.16. The lowest BCUT2D eigenvalue weighted by atomic mass is 10.1. The van der Waals surface area contributed by atoms with Gasteiger partial charge < -0.3 is 25.5 Å². The van der Waals surface area contributed by atoms with E-state index in [9.17, 15) is 0 Å². The predicted molar refractivity (Wildman–Crippen MR) is 124 cm³/mol. The number of benzene rings is 2. The Morgan fingerprint density at radius 3 is 2.65 bits per heavy atom. The highest BCUT2D eigenvalue weighted by Gasteiger charge is 2.17. The molecule has 0 saturated carbocycles. The number of ether oxygens (including phenoxy) is 2. The Bertz CT molecular complexity index is 1160. The molecule has 0 unspecified atom stereocenters. The number of hydrogen-bond donors (Lipinski definition) is 2. The van der Waals surface area contributed by atoms with Crippen molar-refractivity contribution in [1.82, 2.24) is 14.5 Å². The summed E-state index contributed by atoms with van der Waals surface area (Å²) in [5.41, 5.74) is 15.7. The fourth-order valence-corrected chi connectivity index (χ4v) is 3.81. The summed E-state index contributed by atoms with van der Waals surface area (Å²) < 4.78 is 13.5. The molecule has 2 heterocycles. The zero-order chi connectivity index (χ0) is 21.6. The highest BCUT2D eigenvalue weighted by Crippen LogP contribution is 2.31. The first-order valence-electron chi connectivity index (χ1n) is 10.7. The van der Waals surface area contributed by atoms with E-state index in [0.29, 0.717) is 32.0 Å². The highest BCUT2D eigenvalue weighted by molar-refractivity contribution is 6.06. The second kappa shape index (κ2) is 9.76. The molecule has 2 aromatic carbocycles. The summed E-state index contributed by atoms with van der Waals surface area (Å²) in [5.74, 6) is 2.15. The average molecular weight is 420 g/mol. The average Bonchev–Trinajstić information content (AvgIpc) is 3.16. The van der Waals surface area contributed by atoms with Crippen LogP contribution in [0, 0.1) is 0 Å². The molecule has 31 heavy (non-hydrogen) atoms. The third kappa shape index (κ3) is 4.62. The van der Waals surface area contributed by atoms with E-state index in [1.165, 1.54) is 0 Å². The zero-order valence-electron chi connectivity index (χ0n) is 17.9. The molecule has 7 heteroatoms. The fraction of sp³-hybridized carbons (Fsp3) is 0.333. The van der Waals surface area contributed by atoms with Crippen LogP contribution in [0.5, 0.6) is 5.75 Å². The van der Waals surface area contributed by atoms with Crippen LogP contribution < -0.4 is 16.2 Å². The number of pyridine rings is 1. The van der Waals surface area contributed by atoms with Crippen molar-refractivity contribution in [2.75, 3.05) is 26.0 Å². The smallest absolute Gasteiger partial charge is 0.152 e. The van der Waals surface area contributed by atoms with E-state index in [1.54, 1.807) is 7.11 Å². The van der Waals surface area contributed by atoms with Crippen LogP contribution in [-0.2, 0) is 24.3 Å². The molecule has 0 radical (unpaired) electrons. The maximum atomic E-state index is 6.32. The van der Waals surface area contributed by atoms with Gasteiger partial charge in [0.2, 0.25) is 0 Å². The molecule has 4 aromatic rings. The molecule has 162 valence electrons. The van der Waals surface area contributed by atoms with Crippen molar-refractivity contribution in [2.24, 2.45) is 5.73 Å². The second-order valence-electron chi connectivity index (χ2n) is 7.57. The summed E-state index contributed by atoms with van der Waals surface area (Å²) in [7, 11) is 1.70. The predicted octanol–water partition coefficient (Wildman–Crippen LogP) is 3.67. The molecule has 7 nitrogen and oxygen atoms in total. The summed E-state index contributed by atoms with van der Waals surface area (Å²) in [4.78, 5) is 9.43. The van der Waals surface area contributed by atoms with Gasteiger partial charge in [-0.1, -0.05) is 30.3 Å². The number of anilines is 1. The van der Waals surface area contributed by atoms with Crippen LogP contribution in [-0.4, -0.2) is 34.8 Å². The van der Waals surface area contributed by atoms with Gasteiger partial charge in [-0.15, -0.1) is 0 Å². The van der Waals surface area contributed by atoms with Crippen LogP contribution in [0.2, 0.25) is 0 Å². The second-order valence-corrected chi connectivity index (χ2v) is 7.57. The molecule has 0 aliphatic heterocycles. The number of rotatable bonds is 10. The number of hydrogen-bond acceptors (Lipinski definition) is 6. The van der Waals surface area contributed by atoms with Crippen molar-refractivity contribution >= 4 is 27.8 Å². The SMILES string of the molecule is COCCc1nc2c(N)nc3cc(OCc4ccccc4)ccc3c2n1CCCCN. The lowest BCUT2D eigenvalue weighted by Crippen LogP contribution is -2.09. The highest BCUT2D eigenvalue weighted by atomic mass is 16.5. The van der Waals surface area contributed by atoms with Gasteiger partial charge in [-0.2, -0.15) is 0 Å². The van der Waals surface area contributed by atoms with E-state index >= 15 is 0 Å². The van der Waals surface area contributed by atoms with Crippen LogP contribution >= 0.6 is 0 Å². The molecule has 0 amide bonds. The van der Waals surface area contributed by atoms with Crippen molar-refractivity contribution in [2.45, 2.75) is 32.4 Å². The first-order chi connectivity index (χ1) is 15.2. The Labute approximate surface area is 182 Å². The van der Waals surface area contributed by atoms with Crippen molar-refractivity contribution < 1.29 is 9.47 Å². The molecule has 0 spiro atoms. The molecule has 0 atom stereocenters. The van der Waals surface area contributed by atoms with Gasteiger partial charge >= 0.3 is 0 Å². The van der Waals surface area contributed by atoms with Gasteiger partial charge in [0.05, 0.1) is 17.6 Å². The maximum absolute atomic E-state index is 6.32. The minimum Gasteiger partial charge on any atom is -0.489 e. The van der Waals surface area contributed by atoms with Crippen molar-refractivity contribution in [3.63, 3.8) is 0 Å². The van der Waals surface area contributed by atoms with Crippen LogP contribution in [0.15, 0.2) is 48.5 Å². The molecule has 4 rings (SSSR count). The number of aryl methyl sites for hydroxylation is 1. The molecule has 0 aliphatic carbocycles. The van der Waals surface area contributed by atoms with Crippen LogP contribution in [0.3, 0.4) is 0 Å². The molecule has 0 saturated heterocycles. The van der Waals surface area contributed by atoms with Gasteiger partial charge in [0.1, 0.15) is 23.7 Å². The van der Waals surface area contributed by atoms with Gasteiger partial charge in [0.25, 0.3) is 0 Å². The monoisotopic (exact) mass is 419 g/mol. The largest absolute Gasteiger partial charge is 0.489 e. The summed E-state index contributed by atoms with van der Waals surface area (Å²) in [6, 6.07) is 16.1. The third-order valence-electron chi connectivity index (χ3n) is 5.37. The molecule has 0 fully saturated rings. The number of nitrogens with two attached hydrogens (primary N) is 2. The minimum absolute atomic E-state index is 0.430. The Morgan fingerprint density at radius 1 is 1.03 bits per heavy atom. The quantitative estimate of drug-likeness (QED) is 0.380. The summed E-state index contributed by atoms with van der Waals surface area (Å²) in [6.45, 7) is 2.61. The number of nitrogen functional groups attached to an aromatic ring is 1. The topological polar surface area (TPSA) is 101 Å². The van der Waals surface area contributed by atoms with Gasteiger partial charge in [-0.05, 0) is 37.1 Å². The van der Waals surface area contributed by atoms with Gasteiger partial charge in [0.15, 0.2) is 5.82 Å². The minimum atomic E-state index is 0.430. The number of aromatic nitrogens is 3. The van der Waals surface area contributed by atoms with Gasteiger partial charge in [-0.3, -0.25) is 0 Å². The van der Waals surface area contributed by atoms with E-state index in [0.717, 1.165) is 58.5 Å². The normalized spacial score (nSPS) is 11.4. The van der Waals surface area contributed by atoms with E-state index in [-0.39, 0.29) is 0 Å². The van der Waals surface area contributed by atoms with Crippen molar-refractivity contribution in [1.29, 1.82) is 0 Å². The van der Waals surface area contributed by atoms with Crippen molar-refractivity contribution in [3.05, 3.63) is 59.9 Å². The summed E-state index contributed by atoms with van der Waals surface area (Å²) in [6.07, 6.45) is 2.65. The summed E-state index contributed by atoms with van der Waals surface area (Å²) >= 11 is 0. The van der Waals surface area contributed by atoms with Crippen LogP contribution in [0.25, 0.3) is 21.9 Å². The standard InChI is InChI=1S/C24H29N5O2/c1-30-14-11-21-28-22-23(29(21)13-6-5-12-25)19-10-9-18(15-20(19)27-24(22)26)31-16-17-7-3-2-4-8-17/h2-4,7-10,15H,5-6,11-14,16,25H2,1H3,(H2,26,27). The van der Waals surface area contributed by atoms with E-state index < -0.39 is 0 Å². The zero-order valence-corrected chi connectivity index (χ0v) is 17.9. The molecular formula is C24H29N5O2. The van der Waals surface area contributed by atoms with Gasteiger partial charge in [-0.25, -0.2) is 9.97 Å². The Morgan fingerprint density at radius 2 is 1.87 bits per heavy atom. The maximum Gasteiger partial charge on any atom is 0.152 e. The number of methoxy groups -OCH3 is 1. The number of nitrogens with zero attached hydrogens (tertiary/aromatic N) is 3. The molecule has 2 aromatic heterocycles. The lowest BCUT2D eigenvalue weighted by molar-refractivity contribution is 0.199. The number of imidazole rings is 1. The molecule has 0 bridgehead atoms. The molecular weight excluding hydrogens is 390 g/mol. The number of unbranched alkanes of at least 4 members (excludes halogenated alkanes) is 1. The van der Waals surface area contributed by atoms with E-state index in [2.05, 4.69) is 9.55 Å². The Balaban J connectivity index is 1.73. The molecule has 4 N–H and O–H groups in total. The van der Waals surface area contributed by atoms with E-state index in [4.69, 9.17) is 25.9 Å². The van der Waals surface area contributed by atoms with Gasteiger partial charge in [0, 0.05) is 31.5 Å². The van der Waals surface area contributed by atoms with Crippen molar-refractivity contribution in [3.8, 4) is 5.75 Å². The fourth-order valence-electron chi connectivity index (χ4n) is 3.81. The Kier molecular flexibility index (Phi) is 6.64. The first kappa shape index (κ1) is 21.1.